The Labute approximate surface area is 135 Å². The van der Waals surface area contributed by atoms with E-state index in [0.717, 1.165) is 19.3 Å². The normalized spacial score (nSPS) is 12.5. The number of carbonyl (C=O) groups is 1. The third-order valence-electron chi connectivity index (χ3n) is 3.35. The van der Waals surface area contributed by atoms with E-state index in [-0.39, 0.29) is 6.15 Å². The van der Waals surface area contributed by atoms with Crippen LogP contribution >= 0.6 is 0 Å². The van der Waals surface area contributed by atoms with Gasteiger partial charge in [-0.15, -0.1) is 0 Å². The molecule has 0 aromatic carbocycles. The van der Waals surface area contributed by atoms with Crippen LogP contribution < -0.4 is 6.15 Å². The quantitative estimate of drug-likeness (QED) is 0.311. The zero-order chi connectivity index (χ0) is 16.1. The van der Waals surface area contributed by atoms with E-state index in [1.807, 2.05) is 0 Å². The Morgan fingerprint density at radius 3 is 1.86 bits per heavy atom. The van der Waals surface area contributed by atoms with Gasteiger partial charge in [0.1, 0.15) is 6.10 Å². The van der Waals surface area contributed by atoms with E-state index in [1.54, 1.807) is 0 Å². The van der Waals surface area contributed by atoms with Crippen molar-refractivity contribution in [3.63, 3.8) is 0 Å². The number of esters is 1. The van der Waals surface area contributed by atoms with Crippen molar-refractivity contribution in [3.8, 4) is 0 Å². The topological polar surface area (TPSA) is 120 Å². The molecule has 1 atom stereocenters. The highest BCUT2D eigenvalue weighted by atomic mass is 32.2. The lowest BCUT2D eigenvalue weighted by Gasteiger charge is -2.18. The number of rotatable bonds is 13. The van der Waals surface area contributed by atoms with E-state index < -0.39 is 27.9 Å². The van der Waals surface area contributed by atoms with E-state index in [0.29, 0.717) is 6.42 Å². The zero-order valence-electron chi connectivity index (χ0n) is 14.3. The van der Waals surface area contributed by atoms with E-state index in [4.69, 9.17) is 4.74 Å². The Morgan fingerprint density at radius 2 is 1.45 bits per heavy atom. The van der Waals surface area contributed by atoms with Gasteiger partial charge in [-0.2, -0.15) is 0 Å². The summed E-state index contributed by atoms with van der Waals surface area (Å²) in [4.78, 5) is 10.9. The third kappa shape index (κ3) is 17.4. The molecule has 1 unspecified atom stereocenters. The second-order valence-corrected chi connectivity index (χ2v) is 7.02. The molecule has 0 aliphatic heterocycles. The van der Waals surface area contributed by atoms with Gasteiger partial charge in [0.25, 0.3) is 0 Å². The zero-order valence-corrected chi connectivity index (χ0v) is 15.1. The highest BCUT2D eigenvalue weighted by Crippen LogP contribution is 2.13. The van der Waals surface area contributed by atoms with Crippen molar-refractivity contribution in [2.75, 3.05) is 5.75 Å². The lowest BCUT2D eigenvalue weighted by molar-refractivity contribution is -0.145. The Balaban J connectivity index is 0. The molecule has 0 saturated carbocycles. The molecule has 4 N–H and O–H groups in total. The van der Waals surface area contributed by atoms with Crippen LogP contribution in [0.1, 0.15) is 78.1 Å². The number of hydrogen-bond acceptors (Lipinski definition) is 5. The van der Waals surface area contributed by atoms with Gasteiger partial charge < -0.3 is 15.4 Å². The molecule has 6 nitrogen and oxygen atoms in total. The average Bonchev–Trinajstić information content (AvgIpc) is 2.34. The van der Waals surface area contributed by atoms with Crippen molar-refractivity contribution in [2.24, 2.45) is 0 Å². The minimum Gasteiger partial charge on any atom is -0.748 e. The van der Waals surface area contributed by atoms with Crippen molar-refractivity contribution in [3.05, 3.63) is 0 Å². The predicted molar refractivity (Wildman–Crippen MR) is 87.9 cm³/mol. The third-order valence-corrected chi connectivity index (χ3v) is 4.13. The standard InChI is InChI=1S/C15H30O5S.H3N/c1-3-4-5-6-7-8-9-10-11-12-15(20-14(2)16)13-21(17,18)19;/h15H,3-13H2,1-2H3,(H,17,18,19);1H3. The summed E-state index contributed by atoms with van der Waals surface area (Å²) >= 11 is 0. The molecule has 0 aliphatic rings. The maximum Gasteiger partial charge on any atom is 0.302 e. The highest BCUT2D eigenvalue weighted by Gasteiger charge is 2.15. The molecule has 0 fully saturated rings. The van der Waals surface area contributed by atoms with Gasteiger partial charge in [0, 0.05) is 6.92 Å². The van der Waals surface area contributed by atoms with Crippen LogP contribution in [0.2, 0.25) is 0 Å². The van der Waals surface area contributed by atoms with Crippen LogP contribution in [0.15, 0.2) is 0 Å². The maximum absolute atomic E-state index is 10.9. The summed E-state index contributed by atoms with van der Waals surface area (Å²) in [5.41, 5.74) is 0. The van der Waals surface area contributed by atoms with Crippen LogP contribution in [0.25, 0.3) is 0 Å². The lowest BCUT2D eigenvalue weighted by Crippen LogP contribution is -2.25. The van der Waals surface area contributed by atoms with Crippen LogP contribution in [0.4, 0.5) is 0 Å². The summed E-state index contributed by atoms with van der Waals surface area (Å²) in [7, 11) is -4.36. The van der Waals surface area contributed by atoms with Gasteiger partial charge in [0.05, 0.1) is 15.9 Å². The Hall–Kier alpha value is -0.660. The minimum absolute atomic E-state index is 0. The second-order valence-electron chi connectivity index (χ2n) is 5.57. The molecule has 0 bridgehead atoms. The number of carbonyl (C=O) groups excluding carboxylic acids is 1. The first-order valence-corrected chi connectivity index (χ1v) is 9.53. The van der Waals surface area contributed by atoms with E-state index >= 15 is 0 Å². The smallest absolute Gasteiger partial charge is 0.302 e. The first-order chi connectivity index (χ1) is 9.85. The molecule has 7 heteroatoms. The second kappa shape index (κ2) is 14.0. The Bertz CT molecular complexity index is 370. The fourth-order valence-electron chi connectivity index (χ4n) is 2.32. The first kappa shape index (κ1) is 23.6. The summed E-state index contributed by atoms with van der Waals surface area (Å²) in [5, 5.41) is 0. The predicted octanol–water partition coefficient (Wildman–Crippen LogP) is 3.76. The first-order valence-electron chi connectivity index (χ1n) is 7.96. The molecule has 0 rings (SSSR count). The number of unbranched alkanes of at least 4 members (excludes halogenated alkanes) is 8. The molecule has 0 heterocycles. The van der Waals surface area contributed by atoms with Crippen molar-refractivity contribution in [2.45, 2.75) is 84.2 Å². The molecule has 0 aliphatic carbocycles. The molecule has 0 aromatic heterocycles. The molecular weight excluding hydrogens is 306 g/mol. The molecule has 0 radical (unpaired) electrons. The van der Waals surface area contributed by atoms with Gasteiger partial charge in [0.2, 0.25) is 0 Å². The molecule has 0 saturated heterocycles. The minimum atomic E-state index is -4.36. The van der Waals surface area contributed by atoms with Crippen molar-refractivity contribution in [1.29, 1.82) is 0 Å². The average molecular weight is 339 g/mol. The van der Waals surface area contributed by atoms with E-state index in [1.165, 1.54) is 45.4 Å². The van der Waals surface area contributed by atoms with Gasteiger partial charge in [-0.1, -0.05) is 58.3 Å². The van der Waals surface area contributed by atoms with Crippen LogP contribution in [0.5, 0.6) is 0 Å². The molecule has 22 heavy (non-hydrogen) atoms. The summed E-state index contributed by atoms with van der Waals surface area (Å²) in [5.74, 6) is -1.16. The van der Waals surface area contributed by atoms with E-state index in [9.17, 15) is 17.8 Å². The van der Waals surface area contributed by atoms with Gasteiger partial charge in [-0.05, 0) is 12.8 Å². The Morgan fingerprint density at radius 1 is 1.00 bits per heavy atom. The highest BCUT2D eigenvalue weighted by molar-refractivity contribution is 7.85. The van der Waals surface area contributed by atoms with Crippen molar-refractivity contribution >= 4 is 16.1 Å². The fourth-order valence-corrected chi connectivity index (χ4v) is 3.01. The SMILES string of the molecule is CCCCCCCCCCCC(CS(=O)(=O)[O-])OC(C)=O.[NH4+]. The fraction of sp³-hybridized carbons (Fsp3) is 0.933. The van der Waals surface area contributed by atoms with Gasteiger partial charge in [-0.25, -0.2) is 8.42 Å². The van der Waals surface area contributed by atoms with Crippen LogP contribution in [-0.2, 0) is 19.6 Å². The van der Waals surface area contributed by atoms with Crippen LogP contribution in [0, 0.1) is 0 Å². The monoisotopic (exact) mass is 339 g/mol. The van der Waals surface area contributed by atoms with Gasteiger partial charge in [0.15, 0.2) is 0 Å². The summed E-state index contributed by atoms with van der Waals surface area (Å²) < 4.78 is 37.1. The van der Waals surface area contributed by atoms with Crippen LogP contribution in [0.3, 0.4) is 0 Å². The van der Waals surface area contributed by atoms with E-state index in [2.05, 4.69) is 6.92 Å². The molecule has 134 valence electrons. The largest absolute Gasteiger partial charge is 0.748 e. The van der Waals surface area contributed by atoms with Crippen molar-refractivity contribution in [1.82, 2.24) is 6.15 Å². The number of ether oxygens (including phenoxy) is 1. The summed E-state index contributed by atoms with van der Waals surface area (Å²) in [6, 6.07) is 0. The number of quaternary nitrogens is 1. The number of hydrogen-bond donors (Lipinski definition) is 1. The molecule has 0 amide bonds. The Kier molecular flexibility index (Phi) is 15.0. The van der Waals surface area contributed by atoms with Crippen LogP contribution in [-0.4, -0.2) is 30.8 Å². The maximum atomic E-state index is 10.9. The van der Waals surface area contributed by atoms with Crippen molar-refractivity contribution < 1.29 is 22.5 Å². The summed E-state index contributed by atoms with van der Waals surface area (Å²) in [6.07, 6.45) is 10.0. The lowest BCUT2D eigenvalue weighted by atomic mass is 10.1. The molecular formula is C15H33NO5S. The molecule has 0 spiro atoms. The summed E-state index contributed by atoms with van der Waals surface area (Å²) in [6.45, 7) is 3.42. The van der Waals surface area contributed by atoms with Gasteiger partial charge >= 0.3 is 5.97 Å². The van der Waals surface area contributed by atoms with Gasteiger partial charge in [-0.3, -0.25) is 4.79 Å². The molecule has 0 aromatic rings.